The number of Topliss-reactive ketones (excluding diaryl/α,β-unsaturated/α-hetero) is 1. The van der Waals surface area contributed by atoms with E-state index in [1.807, 2.05) is 6.92 Å². The van der Waals surface area contributed by atoms with Crippen LogP contribution in [0.2, 0.25) is 0 Å². The van der Waals surface area contributed by atoms with Gasteiger partial charge in [-0.1, -0.05) is 18.7 Å². The molecular weight excluding hydrogens is 349 g/mol. The van der Waals surface area contributed by atoms with Crippen LogP contribution in [-0.2, 0) is 4.79 Å². The molecule has 94 valence electrons. The van der Waals surface area contributed by atoms with Crippen LogP contribution in [0.5, 0.6) is 0 Å². The lowest BCUT2D eigenvalue weighted by Crippen LogP contribution is -2.25. The van der Waals surface area contributed by atoms with Crippen LogP contribution in [0.25, 0.3) is 0 Å². The number of hydrogen-bond donors (Lipinski definition) is 2. The second kappa shape index (κ2) is 8.37. The van der Waals surface area contributed by atoms with E-state index in [1.165, 1.54) is 26.9 Å². The molecule has 0 spiro atoms. The smallest absolute Gasteiger partial charge is 0.159 e. The molecule has 0 rings (SSSR count). The minimum absolute atomic E-state index is 0.0621. The second-order valence-electron chi connectivity index (χ2n) is 3.09. The van der Waals surface area contributed by atoms with Crippen molar-refractivity contribution in [3.05, 3.63) is 47.3 Å². The van der Waals surface area contributed by atoms with E-state index >= 15 is 0 Å². The minimum Gasteiger partial charge on any atom is -0.392 e. The van der Waals surface area contributed by atoms with E-state index < -0.39 is 0 Å². The predicted octanol–water partition coefficient (Wildman–Crippen LogP) is 2.61. The van der Waals surface area contributed by atoms with Crippen molar-refractivity contribution in [2.24, 2.45) is 11.6 Å². The molecule has 0 aromatic rings. The summed E-state index contributed by atoms with van der Waals surface area (Å²) in [6, 6.07) is 0. The molecule has 0 fully saturated rings. The predicted molar refractivity (Wildman–Crippen MR) is 82.6 cm³/mol. The van der Waals surface area contributed by atoms with Crippen molar-refractivity contribution in [2.75, 3.05) is 0 Å². The van der Waals surface area contributed by atoms with E-state index in [-0.39, 0.29) is 5.78 Å². The van der Waals surface area contributed by atoms with Crippen LogP contribution in [0.15, 0.2) is 47.3 Å². The zero-order valence-corrected chi connectivity index (χ0v) is 12.8. The summed E-state index contributed by atoms with van der Waals surface area (Å²) in [6.07, 6.45) is 6.54. The van der Waals surface area contributed by atoms with Gasteiger partial charge in [-0.3, -0.25) is 9.80 Å². The number of nitrogens with two attached hydrogens (primary N) is 2. The standard InChI is InChI=1S/C11H16IN3OS/c1-4-9(8(3)16)6-10(5-2)15(14)7-11(13)17-12/h4-7H,1,13-14H2,2-3H3/b9-6+,10-5+,11-7+. The number of ketones is 1. The molecule has 0 aliphatic carbocycles. The summed E-state index contributed by atoms with van der Waals surface area (Å²) in [5.41, 5.74) is 6.82. The summed E-state index contributed by atoms with van der Waals surface area (Å²) in [6.45, 7) is 6.89. The van der Waals surface area contributed by atoms with Crippen LogP contribution in [0.3, 0.4) is 0 Å². The molecule has 4 nitrogen and oxygen atoms in total. The number of nitrogens with zero attached hydrogens (tertiary/aromatic N) is 1. The Hall–Kier alpha value is -0.730. The molecule has 6 heteroatoms. The highest BCUT2D eigenvalue weighted by atomic mass is 127. The van der Waals surface area contributed by atoms with Crippen LogP contribution in [0.4, 0.5) is 0 Å². The molecule has 0 heterocycles. The highest BCUT2D eigenvalue weighted by Gasteiger charge is 2.04. The van der Waals surface area contributed by atoms with Gasteiger partial charge >= 0.3 is 0 Å². The number of carbonyl (C=O) groups excluding carboxylic acids is 1. The SMILES string of the molecule is C=C/C(=C\C(=C/C)N(N)/C=C(\N)SI)C(C)=O. The molecule has 0 aliphatic rings. The lowest BCUT2D eigenvalue weighted by molar-refractivity contribution is -0.113. The Labute approximate surface area is 118 Å². The van der Waals surface area contributed by atoms with Gasteiger partial charge in [0.1, 0.15) is 0 Å². The molecule has 4 N–H and O–H groups in total. The van der Waals surface area contributed by atoms with E-state index in [9.17, 15) is 4.79 Å². The zero-order chi connectivity index (χ0) is 13.4. The Morgan fingerprint density at radius 3 is 2.47 bits per heavy atom. The van der Waals surface area contributed by atoms with Crippen LogP contribution in [-0.4, -0.2) is 10.8 Å². The van der Waals surface area contributed by atoms with Crippen molar-refractivity contribution < 1.29 is 4.79 Å². The molecule has 0 aromatic carbocycles. The van der Waals surface area contributed by atoms with E-state index in [2.05, 4.69) is 27.8 Å². The lowest BCUT2D eigenvalue weighted by atomic mass is 10.1. The Morgan fingerprint density at radius 2 is 2.12 bits per heavy atom. The van der Waals surface area contributed by atoms with Gasteiger partial charge in [-0.25, -0.2) is 5.84 Å². The van der Waals surface area contributed by atoms with E-state index in [0.29, 0.717) is 16.3 Å². The fourth-order valence-electron chi connectivity index (χ4n) is 1.00. The molecule has 0 aliphatic heterocycles. The van der Waals surface area contributed by atoms with Gasteiger partial charge in [0.15, 0.2) is 5.78 Å². The highest BCUT2D eigenvalue weighted by molar-refractivity contribution is 14.2. The monoisotopic (exact) mass is 365 g/mol. The first-order valence-corrected chi connectivity index (χ1v) is 8.13. The number of allylic oxidation sites excluding steroid dienone is 4. The molecule has 0 bridgehead atoms. The third-order valence-electron chi connectivity index (χ3n) is 1.88. The van der Waals surface area contributed by atoms with Crippen molar-refractivity contribution in [1.29, 1.82) is 0 Å². The summed E-state index contributed by atoms with van der Waals surface area (Å²) in [7, 11) is 1.36. The Morgan fingerprint density at radius 1 is 1.53 bits per heavy atom. The van der Waals surface area contributed by atoms with E-state index in [1.54, 1.807) is 18.4 Å². The van der Waals surface area contributed by atoms with Gasteiger partial charge < -0.3 is 5.73 Å². The quantitative estimate of drug-likeness (QED) is 0.249. The maximum Gasteiger partial charge on any atom is 0.159 e. The minimum atomic E-state index is -0.0621. The van der Waals surface area contributed by atoms with Crippen LogP contribution in [0, 0.1) is 0 Å². The van der Waals surface area contributed by atoms with Crippen LogP contribution >= 0.6 is 30.1 Å². The summed E-state index contributed by atoms with van der Waals surface area (Å²) >= 11 is 2.06. The zero-order valence-electron chi connectivity index (χ0n) is 9.81. The second-order valence-corrected chi connectivity index (χ2v) is 5.04. The summed E-state index contributed by atoms with van der Waals surface area (Å²) in [5.74, 6) is 5.75. The molecule has 0 amide bonds. The fraction of sp³-hybridized carbons (Fsp3) is 0.182. The average Bonchev–Trinajstić information content (AvgIpc) is 2.29. The maximum atomic E-state index is 11.3. The molecule has 0 aromatic heterocycles. The first-order chi connectivity index (χ1) is 7.96. The molecule has 0 saturated heterocycles. The Bertz CT molecular complexity index is 388. The van der Waals surface area contributed by atoms with Gasteiger partial charge in [-0.15, -0.1) is 0 Å². The molecular formula is C11H16IN3OS. The molecule has 0 unspecified atom stereocenters. The van der Waals surface area contributed by atoms with Gasteiger partial charge in [0.2, 0.25) is 0 Å². The van der Waals surface area contributed by atoms with Gasteiger partial charge in [-0.05, 0) is 28.9 Å². The number of carbonyl (C=O) groups is 1. The topological polar surface area (TPSA) is 72.3 Å². The van der Waals surface area contributed by atoms with E-state index in [0.717, 1.165) is 0 Å². The summed E-state index contributed by atoms with van der Waals surface area (Å²) in [5, 5.41) is 1.94. The van der Waals surface area contributed by atoms with Crippen molar-refractivity contribution in [1.82, 2.24) is 5.01 Å². The summed E-state index contributed by atoms with van der Waals surface area (Å²) in [4.78, 5) is 11.3. The first kappa shape index (κ1) is 16.3. The third-order valence-corrected chi connectivity index (χ3v) is 3.69. The van der Waals surface area contributed by atoms with E-state index in [4.69, 9.17) is 11.6 Å². The summed E-state index contributed by atoms with van der Waals surface area (Å²) < 4.78 is 0. The van der Waals surface area contributed by atoms with Crippen LogP contribution in [0.1, 0.15) is 13.8 Å². The van der Waals surface area contributed by atoms with Gasteiger partial charge in [-0.2, -0.15) is 0 Å². The van der Waals surface area contributed by atoms with Gasteiger partial charge in [0, 0.05) is 26.8 Å². The van der Waals surface area contributed by atoms with Gasteiger partial charge in [0.05, 0.1) is 16.9 Å². The number of hydrogen-bond acceptors (Lipinski definition) is 5. The fourth-order valence-corrected chi connectivity index (χ4v) is 1.50. The largest absolute Gasteiger partial charge is 0.392 e. The molecule has 0 saturated carbocycles. The third kappa shape index (κ3) is 5.94. The maximum absolute atomic E-state index is 11.3. The number of hydrazine groups is 1. The normalized spacial score (nSPS) is 13.5. The van der Waals surface area contributed by atoms with Crippen molar-refractivity contribution >= 4 is 35.9 Å². The first-order valence-electron chi connectivity index (χ1n) is 4.77. The average molecular weight is 365 g/mol. The van der Waals surface area contributed by atoms with Crippen molar-refractivity contribution in [3.63, 3.8) is 0 Å². The highest BCUT2D eigenvalue weighted by Crippen LogP contribution is 2.19. The molecule has 0 atom stereocenters. The number of halogens is 1. The lowest BCUT2D eigenvalue weighted by Gasteiger charge is -2.16. The molecule has 0 radical (unpaired) electrons. The van der Waals surface area contributed by atoms with Gasteiger partial charge in [0.25, 0.3) is 0 Å². The Balaban J connectivity index is 5.12. The van der Waals surface area contributed by atoms with Crippen molar-refractivity contribution in [3.8, 4) is 0 Å². The van der Waals surface area contributed by atoms with Crippen molar-refractivity contribution in [2.45, 2.75) is 13.8 Å². The molecule has 17 heavy (non-hydrogen) atoms. The number of rotatable bonds is 6. The Kier molecular flexibility index (Phi) is 8.01. The van der Waals surface area contributed by atoms with Crippen LogP contribution < -0.4 is 11.6 Å².